The molecule has 0 aromatic rings. The number of aliphatic hydroxyl groups excluding tert-OH is 1. The van der Waals surface area contributed by atoms with E-state index in [1.807, 2.05) is 0 Å². The Bertz CT molecular complexity index is 315. The lowest BCUT2D eigenvalue weighted by atomic mass is 9.86. The second-order valence-corrected chi connectivity index (χ2v) is 12.1. The van der Waals surface area contributed by atoms with Crippen LogP contribution in [0.1, 0.15) is 53.4 Å². The van der Waals surface area contributed by atoms with Gasteiger partial charge in [0.05, 0.1) is 6.10 Å². The van der Waals surface area contributed by atoms with E-state index < -0.39 is 8.32 Å². The molecule has 3 heteroatoms. The normalized spacial score (nSPS) is 25.3. The minimum atomic E-state index is -1.72. The molecule has 0 amide bonds. The first kappa shape index (κ1) is 16.9. The van der Waals surface area contributed by atoms with E-state index >= 15 is 0 Å². The topological polar surface area (TPSA) is 29.5 Å². The molecule has 112 valence electrons. The molecule has 0 saturated heterocycles. The molecule has 0 aromatic heterocycles. The third-order valence-corrected chi connectivity index (χ3v) is 9.32. The molecule has 19 heavy (non-hydrogen) atoms. The van der Waals surface area contributed by atoms with Crippen LogP contribution in [0.5, 0.6) is 0 Å². The third kappa shape index (κ3) is 4.43. The number of hydrogen-bond donors (Lipinski definition) is 1. The van der Waals surface area contributed by atoms with Gasteiger partial charge in [0.15, 0.2) is 8.32 Å². The summed E-state index contributed by atoms with van der Waals surface area (Å²) in [6.07, 6.45) is 6.94. The van der Waals surface area contributed by atoms with E-state index in [1.54, 1.807) is 0 Å². The molecule has 0 aromatic carbocycles. The Kier molecular flexibility index (Phi) is 5.84. The van der Waals surface area contributed by atoms with Crippen LogP contribution in [0.15, 0.2) is 11.6 Å². The van der Waals surface area contributed by atoms with Gasteiger partial charge >= 0.3 is 0 Å². The zero-order chi connectivity index (χ0) is 14.7. The van der Waals surface area contributed by atoms with Crippen LogP contribution in [0.2, 0.25) is 18.1 Å². The predicted octanol–water partition coefficient (Wildman–Crippen LogP) is 4.51. The van der Waals surface area contributed by atoms with Gasteiger partial charge in [-0.1, -0.05) is 33.8 Å². The predicted molar refractivity (Wildman–Crippen MR) is 84.9 cm³/mol. The smallest absolute Gasteiger partial charge is 0.192 e. The van der Waals surface area contributed by atoms with Crippen molar-refractivity contribution in [2.75, 3.05) is 6.61 Å². The standard InChI is InChI=1S/C16H32O2Si/c1-7-13-8-9-15(14(12-13)10-11-17)18-19(5,6)16(2,3)4/h12-13,15,17H,7-11H2,1-6H3/t13-,15+/m0/s1. The Morgan fingerprint density at radius 2 is 1.95 bits per heavy atom. The maximum atomic E-state index is 9.27. The van der Waals surface area contributed by atoms with Gasteiger partial charge < -0.3 is 9.53 Å². The summed E-state index contributed by atoms with van der Waals surface area (Å²) in [4.78, 5) is 0. The Balaban J connectivity index is 2.82. The molecular formula is C16H32O2Si. The number of rotatable bonds is 5. The van der Waals surface area contributed by atoms with Gasteiger partial charge in [-0.25, -0.2) is 0 Å². The van der Waals surface area contributed by atoms with Crippen molar-refractivity contribution >= 4 is 8.32 Å². The highest BCUT2D eigenvalue weighted by molar-refractivity contribution is 6.74. The van der Waals surface area contributed by atoms with Gasteiger partial charge in [0.1, 0.15) is 0 Å². The van der Waals surface area contributed by atoms with Gasteiger partial charge in [0.25, 0.3) is 0 Å². The molecule has 0 heterocycles. The highest BCUT2D eigenvalue weighted by Crippen LogP contribution is 2.40. The highest BCUT2D eigenvalue weighted by atomic mass is 28.4. The monoisotopic (exact) mass is 284 g/mol. The van der Waals surface area contributed by atoms with Gasteiger partial charge in [-0.15, -0.1) is 0 Å². The fraction of sp³-hybridized carbons (Fsp3) is 0.875. The molecule has 0 aliphatic heterocycles. The van der Waals surface area contributed by atoms with E-state index in [0.29, 0.717) is 5.92 Å². The maximum Gasteiger partial charge on any atom is 0.192 e. The quantitative estimate of drug-likeness (QED) is 0.595. The lowest BCUT2D eigenvalue weighted by Gasteiger charge is -2.41. The van der Waals surface area contributed by atoms with Crippen LogP contribution in [-0.2, 0) is 4.43 Å². The minimum absolute atomic E-state index is 0.236. The first-order chi connectivity index (χ1) is 8.71. The van der Waals surface area contributed by atoms with Crippen molar-refractivity contribution in [2.45, 2.75) is 77.6 Å². The molecule has 0 saturated carbocycles. The summed E-state index contributed by atoms with van der Waals surface area (Å²) in [6, 6.07) is 0. The first-order valence-corrected chi connectivity index (χ1v) is 10.6. The van der Waals surface area contributed by atoms with Crippen molar-refractivity contribution in [1.29, 1.82) is 0 Å². The molecule has 2 nitrogen and oxygen atoms in total. The van der Waals surface area contributed by atoms with E-state index in [2.05, 4.69) is 46.9 Å². The van der Waals surface area contributed by atoms with Crippen molar-refractivity contribution in [1.82, 2.24) is 0 Å². The van der Waals surface area contributed by atoms with Crippen LogP contribution in [0.25, 0.3) is 0 Å². The summed E-state index contributed by atoms with van der Waals surface area (Å²) in [7, 11) is -1.72. The zero-order valence-corrected chi connectivity index (χ0v) is 14.6. The molecule has 1 aliphatic carbocycles. The van der Waals surface area contributed by atoms with Crippen molar-refractivity contribution in [3.8, 4) is 0 Å². The minimum Gasteiger partial charge on any atom is -0.410 e. The van der Waals surface area contributed by atoms with Gasteiger partial charge in [0, 0.05) is 6.61 Å². The fourth-order valence-electron chi connectivity index (χ4n) is 2.41. The van der Waals surface area contributed by atoms with Crippen LogP contribution >= 0.6 is 0 Å². The molecule has 0 fully saturated rings. The summed E-state index contributed by atoms with van der Waals surface area (Å²) >= 11 is 0. The molecule has 0 radical (unpaired) electrons. The van der Waals surface area contributed by atoms with Gasteiger partial charge in [-0.05, 0) is 55.3 Å². The summed E-state index contributed by atoms with van der Waals surface area (Å²) in [5, 5.41) is 9.52. The first-order valence-electron chi connectivity index (χ1n) is 7.70. The Morgan fingerprint density at radius 3 is 2.42 bits per heavy atom. The van der Waals surface area contributed by atoms with E-state index in [-0.39, 0.29) is 17.7 Å². The maximum absolute atomic E-state index is 9.27. The van der Waals surface area contributed by atoms with Gasteiger partial charge in [-0.3, -0.25) is 0 Å². The van der Waals surface area contributed by atoms with Crippen LogP contribution in [0, 0.1) is 5.92 Å². The van der Waals surface area contributed by atoms with Crippen molar-refractivity contribution in [2.24, 2.45) is 5.92 Å². The number of hydrogen-bond acceptors (Lipinski definition) is 2. The largest absolute Gasteiger partial charge is 0.410 e. The molecular weight excluding hydrogens is 252 g/mol. The Hall–Kier alpha value is -0.123. The van der Waals surface area contributed by atoms with E-state index in [4.69, 9.17) is 4.43 Å². The molecule has 1 N–H and O–H groups in total. The fourth-order valence-corrected chi connectivity index (χ4v) is 3.74. The zero-order valence-electron chi connectivity index (χ0n) is 13.6. The molecule has 2 atom stereocenters. The third-order valence-electron chi connectivity index (χ3n) is 4.83. The average Bonchev–Trinajstić information content (AvgIpc) is 2.30. The Labute approximate surface area is 120 Å². The number of allylic oxidation sites excluding steroid dienone is 1. The molecule has 1 aliphatic rings. The summed E-state index contributed by atoms with van der Waals surface area (Å²) in [5.74, 6) is 0.681. The SMILES string of the molecule is CC[C@@H]1C=C(CCO)[C@H](O[Si](C)(C)C(C)(C)C)CC1. The van der Waals surface area contributed by atoms with Crippen LogP contribution in [-0.4, -0.2) is 26.1 Å². The van der Waals surface area contributed by atoms with E-state index in [9.17, 15) is 5.11 Å². The van der Waals surface area contributed by atoms with Gasteiger partial charge in [0.2, 0.25) is 0 Å². The van der Waals surface area contributed by atoms with Gasteiger partial charge in [-0.2, -0.15) is 0 Å². The molecule has 0 unspecified atom stereocenters. The molecule has 0 spiro atoms. The van der Waals surface area contributed by atoms with E-state index in [1.165, 1.54) is 18.4 Å². The number of aliphatic hydroxyl groups is 1. The Morgan fingerprint density at radius 1 is 1.32 bits per heavy atom. The molecule has 0 bridgehead atoms. The van der Waals surface area contributed by atoms with Crippen molar-refractivity contribution in [3.05, 3.63) is 11.6 Å². The summed E-state index contributed by atoms with van der Waals surface area (Å²) in [6.45, 7) is 14.0. The highest BCUT2D eigenvalue weighted by Gasteiger charge is 2.40. The lowest BCUT2D eigenvalue weighted by molar-refractivity contribution is 0.174. The van der Waals surface area contributed by atoms with Crippen LogP contribution in [0.4, 0.5) is 0 Å². The average molecular weight is 285 g/mol. The van der Waals surface area contributed by atoms with Crippen LogP contribution < -0.4 is 0 Å². The van der Waals surface area contributed by atoms with Crippen molar-refractivity contribution in [3.63, 3.8) is 0 Å². The lowest BCUT2D eigenvalue weighted by Crippen LogP contribution is -2.45. The van der Waals surface area contributed by atoms with Crippen LogP contribution in [0.3, 0.4) is 0 Å². The van der Waals surface area contributed by atoms with Crippen molar-refractivity contribution < 1.29 is 9.53 Å². The second kappa shape index (κ2) is 6.55. The summed E-state index contributed by atoms with van der Waals surface area (Å²) < 4.78 is 6.56. The molecule has 1 rings (SSSR count). The summed E-state index contributed by atoms with van der Waals surface area (Å²) in [5.41, 5.74) is 1.34. The van der Waals surface area contributed by atoms with E-state index in [0.717, 1.165) is 12.8 Å². The second-order valence-electron chi connectivity index (χ2n) is 7.33.